The summed E-state index contributed by atoms with van der Waals surface area (Å²) in [6, 6.07) is 14.5. The van der Waals surface area contributed by atoms with Crippen molar-refractivity contribution in [2.75, 3.05) is 46.5 Å². The highest BCUT2D eigenvalue weighted by Gasteiger charge is 2.17. The van der Waals surface area contributed by atoms with E-state index in [4.69, 9.17) is 9.47 Å². The van der Waals surface area contributed by atoms with Crippen molar-refractivity contribution in [1.82, 2.24) is 10.6 Å². The summed E-state index contributed by atoms with van der Waals surface area (Å²) in [6.07, 6.45) is 1.67. The average Bonchev–Trinajstić information content (AvgIpc) is 2.80. The lowest BCUT2D eigenvalue weighted by molar-refractivity contribution is -0.906. The van der Waals surface area contributed by atoms with Crippen LogP contribution in [0, 0.1) is 6.92 Å². The van der Waals surface area contributed by atoms with Gasteiger partial charge in [0, 0.05) is 5.56 Å². The zero-order valence-corrected chi connectivity index (χ0v) is 18.1. The van der Waals surface area contributed by atoms with Gasteiger partial charge >= 0.3 is 0 Å². The number of carbonyl (C=O) groups excluding carboxylic acids is 2. The van der Waals surface area contributed by atoms with Crippen molar-refractivity contribution in [2.24, 2.45) is 0 Å². The zero-order valence-electron chi connectivity index (χ0n) is 18.1. The van der Waals surface area contributed by atoms with Crippen LogP contribution >= 0.6 is 0 Å². The van der Waals surface area contributed by atoms with E-state index in [9.17, 15) is 9.59 Å². The first-order valence-electron chi connectivity index (χ1n) is 10.5. The Morgan fingerprint density at radius 1 is 1.06 bits per heavy atom. The van der Waals surface area contributed by atoms with Gasteiger partial charge in [-0.05, 0) is 42.8 Å². The molecule has 1 aliphatic rings. The third-order valence-electron chi connectivity index (χ3n) is 5.20. The summed E-state index contributed by atoms with van der Waals surface area (Å²) < 4.78 is 10.6. The minimum absolute atomic E-state index is 0.202. The maximum atomic E-state index is 12.9. The van der Waals surface area contributed by atoms with Crippen LogP contribution in [0.1, 0.15) is 21.5 Å². The highest BCUT2D eigenvalue weighted by molar-refractivity contribution is 6.05. The number of carbonyl (C=O) groups is 2. The molecule has 0 unspecified atom stereocenters. The smallest absolute Gasteiger partial charge is 0.268 e. The molecule has 1 heterocycles. The Morgan fingerprint density at radius 3 is 2.39 bits per heavy atom. The van der Waals surface area contributed by atoms with Crippen molar-refractivity contribution in [3.63, 3.8) is 0 Å². The van der Waals surface area contributed by atoms with E-state index in [2.05, 4.69) is 10.6 Å². The first kappa shape index (κ1) is 22.5. The summed E-state index contributed by atoms with van der Waals surface area (Å²) in [7, 11) is 1.60. The SMILES string of the molecule is COc1ccc(/C=C(\NC(=O)c2ccc(C)cc2)C(=O)NCC[NH+]2CCOCC2)cc1. The fraction of sp³-hybridized carbons (Fsp3) is 0.333. The van der Waals surface area contributed by atoms with Gasteiger partial charge in [-0.25, -0.2) is 0 Å². The van der Waals surface area contributed by atoms with Gasteiger partial charge in [-0.2, -0.15) is 0 Å². The number of methoxy groups -OCH3 is 1. The molecule has 2 aromatic carbocycles. The molecule has 0 aromatic heterocycles. The number of ether oxygens (including phenoxy) is 2. The lowest BCUT2D eigenvalue weighted by atomic mass is 10.1. The standard InChI is InChI=1S/C24H29N3O4/c1-18-3-7-20(8-4-18)23(28)26-22(17-19-5-9-21(30-2)10-6-19)24(29)25-11-12-27-13-15-31-16-14-27/h3-10,17H,11-16H2,1-2H3,(H,25,29)(H,26,28)/p+1/b22-17-. The van der Waals surface area contributed by atoms with Crippen molar-refractivity contribution in [3.8, 4) is 5.75 Å². The van der Waals surface area contributed by atoms with E-state index >= 15 is 0 Å². The molecule has 0 saturated carbocycles. The van der Waals surface area contributed by atoms with E-state index in [0.29, 0.717) is 12.1 Å². The quantitative estimate of drug-likeness (QED) is 0.548. The zero-order chi connectivity index (χ0) is 22.1. The van der Waals surface area contributed by atoms with Crippen LogP contribution in [0.5, 0.6) is 5.75 Å². The molecule has 0 atom stereocenters. The molecule has 3 rings (SSSR count). The number of nitrogens with one attached hydrogen (secondary N) is 3. The molecule has 164 valence electrons. The lowest BCUT2D eigenvalue weighted by Crippen LogP contribution is -3.14. The molecule has 7 heteroatoms. The van der Waals surface area contributed by atoms with Gasteiger partial charge in [-0.15, -0.1) is 0 Å². The minimum atomic E-state index is -0.325. The average molecular weight is 425 g/mol. The van der Waals surface area contributed by atoms with Crippen molar-refractivity contribution in [3.05, 3.63) is 70.9 Å². The van der Waals surface area contributed by atoms with Gasteiger partial charge in [-0.3, -0.25) is 9.59 Å². The Kier molecular flexibility index (Phi) is 8.20. The Bertz CT molecular complexity index is 901. The first-order valence-corrected chi connectivity index (χ1v) is 10.5. The Balaban J connectivity index is 1.70. The summed E-state index contributed by atoms with van der Waals surface area (Å²) in [4.78, 5) is 27.0. The van der Waals surface area contributed by atoms with Crippen LogP contribution in [0.2, 0.25) is 0 Å². The van der Waals surface area contributed by atoms with Crippen LogP contribution in [-0.4, -0.2) is 58.3 Å². The van der Waals surface area contributed by atoms with E-state index in [0.717, 1.165) is 49.7 Å². The third-order valence-corrected chi connectivity index (χ3v) is 5.20. The molecule has 0 radical (unpaired) electrons. The molecule has 0 bridgehead atoms. The molecular weight excluding hydrogens is 394 g/mol. The van der Waals surface area contributed by atoms with Gasteiger partial charge in [0.15, 0.2) is 0 Å². The fourth-order valence-corrected chi connectivity index (χ4v) is 3.28. The number of benzene rings is 2. The Labute approximate surface area is 183 Å². The number of quaternary nitrogens is 1. The van der Waals surface area contributed by atoms with E-state index in [1.807, 2.05) is 43.3 Å². The van der Waals surface area contributed by atoms with Gasteiger partial charge in [-0.1, -0.05) is 29.8 Å². The Hall–Kier alpha value is -3.16. The van der Waals surface area contributed by atoms with Crippen LogP contribution in [-0.2, 0) is 9.53 Å². The predicted octanol–water partition coefficient (Wildman–Crippen LogP) is 0.806. The topological polar surface area (TPSA) is 81.1 Å². The van der Waals surface area contributed by atoms with Crippen molar-refractivity contribution in [2.45, 2.75) is 6.92 Å². The van der Waals surface area contributed by atoms with E-state index < -0.39 is 0 Å². The van der Waals surface area contributed by atoms with Gasteiger partial charge in [0.25, 0.3) is 11.8 Å². The van der Waals surface area contributed by atoms with Gasteiger partial charge in [0.05, 0.1) is 33.4 Å². The maximum Gasteiger partial charge on any atom is 0.268 e. The number of amides is 2. The van der Waals surface area contributed by atoms with Crippen LogP contribution in [0.25, 0.3) is 6.08 Å². The molecule has 1 aliphatic heterocycles. The summed E-state index contributed by atoms with van der Waals surface area (Å²) >= 11 is 0. The van der Waals surface area contributed by atoms with E-state index in [-0.39, 0.29) is 17.5 Å². The summed E-state index contributed by atoms with van der Waals surface area (Å²) in [5.74, 6) is 0.0815. The number of hydrogen-bond acceptors (Lipinski definition) is 4. The second kappa shape index (κ2) is 11.3. The molecule has 2 amide bonds. The molecule has 7 nitrogen and oxygen atoms in total. The second-order valence-electron chi connectivity index (χ2n) is 7.52. The number of hydrogen-bond donors (Lipinski definition) is 3. The summed E-state index contributed by atoms with van der Waals surface area (Å²) in [5.41, 5.74) is 2.55. The lowest BCUT2D eigenvalue weighted by Gasteiger charge is -2.23. The predicted molar refractivity (Wildman–Crippen MR) is 119 cm³/mol. The van der Waals surface area contributed by atoms with Gasteiger partial charge in [0.1, 0.15) is 24.5 Å². The molecule has 31 heavy (non-hydrogen) atoms. The highest BCUT2D eigenvalue weighted by Crippen LogP contribution is 2.14. The molecule has 2 aromatic rings. The maximum absolute atomic E-state index is 12.9. The molecule has 0 spiro atoms. The molecule has 1 saturated heterocycles. The minimum Gasteiger partial charge on any atom is -0.497 e. The number of rotatable bonds is 8. The van der Waals surface area contributed by atoms with Crippen molar-refractivity contribution < 1.29 is 24.0 Å². The number of aryl methyl sites for hydroxylation is 1. The van der Waals surface area contributed by atoms with Crippen LogP contribution in [0.15, 0.2) is 54.2 Å². The monoisotopic (exact) mass is 424 g/mol. The van der Waals surface area contributed by atoms with Crippen LogP contribution < -0.4 is 20.3 Å². The molecule has 1 fully saturated rings. The van der Waals surface area contributed by atoms with Gasteiger partial charge in [0.2, 0.25) is 0 Å². The summed E-state index contributed by atoms with van der Waals surface area (Å²) in [5, 5.41) is 5.70. The highest BCUT2D eigenvalue weighted by atomic mass is 16.5. The van der Waals surface area contributed by atoms with Crippen molar-refractivity contribution in [1.29, 1.82) is 0 Å². The third kappa shape index (κ3) is 6.94. The van der Waals surface area contributed by atoms with Crippen LogP contribution in [0.4, 0.5) is 0 Å². The fourth-order valence-electron chi connectivity index (χ4n) is 3.28. The van der Waals surface area contributed by atoms with E-state index in [1.54, 1.807) is 25.3 Å². The summed E-state index contributed by atoms with van der Waals surface area (Å²) in [6.45, 7) is 6.67. The normalized spacial score (nSPS) is 14.7. The van der Waals surface area contributed by atoms with E-state index in [1.165, 1.54) is 4.90 Å². The van der Waals surface area contributed by atoms with Gasteiger partial charge < -0.3 is 25.0 Å². The van der Waals surface area contributed by atoms with Crippen molar-refractivity contribution >= 4 is 17.9 Å². The molecule has 0 aliphatic carbocycles. The Morgan fingerprint density at radius 2 is 1.74 bits per heavy atom. The van der Waals surface area contributed by atoms with Crippen LogP contribution in [0.3, 0.4) is 0 Å². The first-order chi connectivity index (χ1) is 15.0. The second-order valence-corrected chi connectivity index (χ2v) is 7.52. The number of morpholine rings is 1. The molecule has 3 N–H and O–H groups in total. The molecular formula is C24H30N3O4+. The largest absolute Gasteiger partial charge is 0.497 e.